The van der Waals surface area contributed by atoms with E-state index in [1.165, 1.54) is 5.56 Å². The topological polar surface area (TPSA) is 48.8 Å². The third kappa shape index (κ3) is 1.74. The summed E-state index contributed by atoms with van der Waals surface area (Å²) >= 11 is 0. The number of rotatable bonds is 3. The predicted molar refractivity (Wildman–Crippen MR) is 63.5 cm³/mol. The third-order valence-electron chi connectivity index (χ3n) is 2.81. The van der Waals surface area contributed by atoms with Crippen molar-refractivity contribution in [3.05, 3.63) is 29.5 Å². The van der Waals surface area contributed by atoms with Crippen molar-refractivity contribution in [2.45, 2.75) is 19.8 Å². The molecule has 0 fully saturated rings. The number of nitriles is 1. The number of H-pyrrole nitrogens is 1. The van der Waals surface area contributed by atoms with Crippen LogP contribution in [0.5, 0.6) is 5.75 Å². The molecule has 3 heteroatoms. The number of ether oxygens (including phenoxy) is 1. The van der Waals surface area contributed by atoms with Gasteiger partial charge in [-0.25, -0.2) is 0 Å². The van der Waals surface area contributed by atoms with Gasteiger partial charge in [0.2, 0.25) is 0 Å². The molecule has 0 spiro atoms. The second-order valence-corrected chi connectivity index (χ2v) is 3.80. The monoisotopic (exact) mass is 214 g/mol. The summed E-state index contributed by atoms with van der Waals surface area (Å²) in [5, 5.41) is 9.80. The van der Waals surface area contributed by atoms with Gasteiger partial charge in [-0.05, 0) is 37.1 Å². The van der Waals surface area contributed by atoms with Gasteiger partial charge >= 0.3 is 0 Å². The van der Waals surface area contributed by atoms with Crippen molar-refractivity contribution in [1.29, 1.82) is 5.26 Å². The summed E-state index contributed by atoms with van der Waals surface area (Å²) in [5.74, 6) is 0.852. The van der Waals surface area contributed by atoms with Crippen LogP contribution < -0.4 is 4.74 Å². The highest BCUT2D eigenvalue weighted by molar-refractivity contribution is 5.86. The molecule has 1 N–H and O–H groups in total. The lowest BCUT2D eigenvalue weighted by Crippen LogP contribution is -1.86. The summed E-state index contributed by atoms with van der Waals surface area (Å²) in [5.41, 5.74) is 3.46. The van der Waals surface area contributed by atoms with Gasteiger partial charge in [-0.1, -0.05) is 0 Å². The molecule has 0 bridgehead atoms. The van der Waals surface area contributed by atoms with E-state index >= 15 is 0 Å². The van der Waals surface area contributed by atoms with Gasteiger partial charge in [-0.15, -0.1) is 0 Å². The summed E-state index contributed by atoms with van der Waals surface area (Å²) in [6.45, 7) is 2.04. The third-order valence-corrected chi connectivity index (χ3v) is 2.81. The van der Waals surface area contributed by atoms with Crippen LogP contribution in [0, 0.1) is 18.3 Å². The number of aryl methyl sites for hydroxylation is 2. The Bertz CT molecular complexity index is 549. The first-order valence-corrected chi connectivity index (χ1v) is 5.28. The van der Waals surface area contributed by atoms with Crippen molar-refractivity contribution >= 4 is 10.9 Å². The maximum Gasteiger partial charge on any atom is 0.119 e. The van der Waals surface area contributed by atoms with Crippen LogP contribution >= 0.6 is 0 Å². The minimum atomic E-state index is 0.547. The zero-order chi connectivity index (χ0) is 11.5. The summed E-state index contributed by atoms with van der Waals surface area (Å²) < 4.78 is 5.21. The van der Waals surface area contributed by atoms with Gasteiger partial charge in [0.15, 0.2) is 0 Å². The standard InChI is InChI=1S/C13H14N2O/c1-9-11(4-3-7-14)12-8-10(16-2)5-6-13(12)15-9/h5-6,8,15H,3-4H2,1-2H3. The number of methoxy groups -OCH3 is 1. The molecule has 0 radical (unpaired) electrons. The molecule has 2 rings (SSSR count). The van der Waals surface area contributed by atoms with Crippen molar-refractivity contribution in [1.82, 2.24) is 4.98 Å². The fourth-order valence-electron chi connectivity index (χ4n) is 1.99. The molecule has 1 aromatic heterocycles. The van der Waals surface area contributed by atoms with E-state index in [2.05, 4.69) is 11.1 Å². The molecule has 0 aliphatic rings. The van der Waals surface area contributed by atoms with Gasteiger partial charge in [0, 0.05) is 23.0 Å². The molecule has 0 aliphatic carbocycles. The molecule has 82 valence electrons. The maximum atomic E-state index is 8.64. The molecule has 3 nitrogen and oxygen atoms in total. The van der Waals surface area contributed by atoms with Crippen LogP contribution in [-0.4, -0.2) is 12.1 Å². The molecule has 2 aromatic rings. The number of aromatic amines is 1. The zero-order valence-corrected chi connectivity index (χ0v) is 9.50. The Morgan fingerprint density at radius 3 is 2.94 bits per heavy atom. The lowest BCUT2D eigenvalue weighted by atomic mass is 10.1. The quantitative estimate of drug-likeness (QED) is 0.853. The number of hydrogen-bond donors (Lipinski definition) is 1. The van der Waals surface area contributed by atoms with Crippen molar-refractivity contribution in [2.75, 3.05) is 7.11 Å². The Hall–Kier alpha value is -1.95. The predicted octanol–water partition coefficient (Wildman–Crippen LogP) is 2.94. The highest BCUT2D eigenvalue weighted by Crippen LogP contribution is 2.27. The molecule has 0 amide bonds. The number of nitrogens with zero attached hydrogens (tertiary/aromatic N) is 1. The minimum absolute atomic E-state index is 0.547. The van der Waals surface area contributed by atoms with Crippen LogP contribution in [0.2, 0.25) is 0 Å². The van der Waals surface area contributed by atoms with E-state index in [0.29, 0.717) is 6.42 Å². The molecule has 0 atom stereocenters. The van der Waals surface area contributed by atoms with Gasteiger partial charge in [0.05, 0.1) is 13.2 Å². The van der Waals surface area contributed by atoms with Crippen molar-refractivity contribution in [2.24, 2.45) is 0 Å². The molecule has 0 aliphatic heterocycles. The second-order valence-electron chi connectivity index (χ2n) is 3.80. The highest BCUT2D eigenvalue weighted by Gasteiger charge is 2.08. The number of fused-ring (bicyclic) bond motifs is 1. The van der Waals surface area contributed by atoms with Crippen LogP contribution in [0.1, 0.15) is 17.7 Å². The summed E-state index contributed by atoms with van der Waals surface area (Å²) in [4.78, 5) is 3.32. The van der Waals surface area contributed by atoms with Crippen LogP contribution in [-0.2, 0) is 6.42 Å². The SMILES string of the molecule is COc1ccc2[nH]c(C)c(CCC#N)c2c1. The molecular weight excluding hydrogens is 200 g/mol. The smallest absolute Gasteiger partial charge is 0.119 e. The summed E-state index contributed by atoms with van der Waals surface area (Å²) in [6, 6.07) is 8.15. The second kappa shape index (κ2) is 4.28. The van der Waals surface area contributed by atoms with Crippen LogP contribution in [0.15, 0.2) is 18.2 Å². The van der Waals surface area contributed by atoms with E-state index in [9.17, 15) is 0 Å². The number of benzene rings is 1. The Labute approximate surface area is 94.7 Å². The lowest BCUT2D eigenvalue weighted by Gasteiger charge is -2.01. The van der Waals surface area contributed by atoms with Gasteiger partial charge in [-0.2, -0.15) is 5.26 Å². The van der Waals surface area contributed by atoms with Gasteiger partial charge < -0.3 is 9.72 Å². The van der Waals surface area contributed by atoms with Gasteiger partial charge in [-0.3, -0.25) is 0 Å². The zero-order valence-electron chi connectivity index (χ0n) is 9.50. The first kappa shape index (κ1) is 10.6. The van der Waals surface area contributed by atoms with Crippen LogP contribution in [0.4, 0.5) is 0 Å². The largest absolute Gasteiger partial charge is 0.497 e. The Balaban J connectivity index is 2.53. The van der Waals surface area contributed by atoms with Crippen molar-refractivity contribution < 1.29 is 4.74 Å². The van der Waals surface area contributed by atoms with E-state index in [1.807, 2.05) is 25.1 Å². The summed E-state index contributed by atoms with van der Waals surface area (Å²) in [6.07, 6.45) is 1.33. The molecule has 0 saturated carbocycles. The first-order valence-electron chi connectivity index (χ1n) is 5.28. The number of aromatic nitrogens is 1. The first-order chi connectivity index (χ1) is 7.76. The van der Waals surface area contributed by atoms with Crippen molar-refractivity contribution in [3.63, 3.8) is 0 Å². The van der Waals surface area contributed by atoms with E-state index in [1.54, 1.807) is 7.11 Å². The van der Waals surface area contributed by atoms with E-state index in [-0.39, 0.29) is 0 Å². The fraction of sp³-hybridized carbons (Fsp3) is 0.308. The van der Waals surface area contributed by atoms with Gasteiger partial charge in [0.1, 0.15) is 5.75 Å². The molecule has 1 aromatic carbocycles. The Morgan fingerprint density at radius 1 is 1.44 bits per heavy atom. The minimum Gasteiger partial charge on any atom is -0.497 e. The molecule has 0 unspecified atom stereocenters. The molecular formula is C13H14N2O. The highest BCUT2D eigenvalue weighted by atomic mass is 16.5. The van der Waals surface area contributed by atoms with Gasteiger partial charge in [0.25, 0.3) is 0 Å². The number of nitrogens with one attached hydrogen (secondary N) is 1. The maximum absolute atomic E-state index is 8.64. The fourth-order valence-corrected chi connectivity index (χ4v) is 1.99. The van der Waals surface area contributed by atoms with E-state index in [0.717, 1.165) is 28.8 Å². The normalized spacial score (nSPS) is 10.3. The lowest BCUT2D eigenvalue weighted by molar-refractivity contribution is 0.415. The Morgan fingerprint density at radius 2 is 2.25 bits per heavy atom. The Kier molecular flexibility index (Phi) is 2.82. The average molecular weight is 214 g/mol. The van der Waals surface area contributed by atoms with Crippen LogP contribution in [0.25, 0.3) is 10.9 Å². The van der Waals surface area contributed by atoms with E-state index in [4.69, 9.17) is 10.00 Å². The molecule has 1 heterocycles. The number of hydrogen-bond acceptors (Lipinski definition) is 2. The average Bonchev–Trinajstić information content (AvgIpc) is 2.61. The molecule has 0 saturated heterocycles. The summed E-state index contributed by atoms with van der Waals surface area (Å²) in [7, 11) is 1.66. The molecule has 16 heavy (non-hydrogen) atoms. The van der Waals surface area contributed by atoms with Crippen molar-refractivity contribution in [3.8, 4) is 11.8 Å². The van der Waals surface area contributed by atoms with E-state index < -0.39 is 0 Å². The van der Waals surface area contributed by atoms with Crippen LogP contribution in [0.3, 0.4) is 0 Å².